The van der Waals surface area contributed by atoms with E-state index >= 15 is 0 Å². The number of ether oxygens (including phenoxy) is 3. The van der Waals surface area contributed by atoms with Gasteiger partial charge in [0.25, 0.3) is 6.47 Å². The lowest BCUT2D eigenvalue weighted by molar-refractivity contribution is -0.159. The maximum Gasteiger partial charge on any atom is 0.305 e. The van der Waals surface area contributed by atoms with E-state index in [-0.39, 0.29) is 31.6 Å². The van der Waals surface area contributed by atoms with Gasteiger partial charge in [-0.25, -0.2) is 0 Å². The fourth-order valence-electron chi connectivity index (χ4n) is 2.82. The van der Waals surface area contributed by atoms with E-state index in [0.29, 0.717) is 12.8 Å². The summed E-state index contributed by atoms with van der Waals surface area (Å²) in [6.45, 7) is 4.45. The smallest absolute Gasteiger partial charge is 0.305 e. The van der Waals surface area contributed by atoms with Crippen molar-refractivity contribution in [3.05, 3.63) is 0 Å². The molecule has 164 valence electrons. The van der Waals surface area contributed by atoms with Crippen LogP contribution in [0.1, 0.15) is 104 Å². The monoisotopic (exact) mass is 400 g/mol. The molecular formula is C22H40O6. The van der Waals surface area contributed by atoms with Gasteiger partial charge in [0.2, 0.25) is 0 Å². The van der Waals surface area contributed by atoms with Crippen molar-refractivity contribution in [2.24, 2.45) is 0 Å². The lowest BCUT2D eigenvalue weighted by Gasteiger charge is -2.15. The van der Waals surface area contributed by atoms with Crippen molar-refractivity contribution in [2.45, 2.75) is 110 Å². The topological polar surface area (TPSA) is 78.9 Å². The van der Waals surface area contributed by atoms with Crippen molar-refractivity contribution in [3.8, 4) is 0 Å². The van der Waals surface area contributed by atoms with Crippen LogP contribution in [0.15, 0.2) is 0 Å². The molecule has 0 saturated carbocycles. The molecule has 0 aliphatic carbocycles. The lowest BCUT2D eigenvalue weighted by atomic mass is 10.1. The van der Waals surface area contributed by atoms with Gasteiger partial charge in [0.15, 0.2) is 6.10 Å². The van der Waals surface area contributed by atoms with Gasteiger partial charge in [-0.3, -0.25) is 14.4 Å². The Morgan fingerprint density at radius 1 is 0.679 bits per heavy atom. The normalized spacial score (nSPS) is 10.7. The van der Waals surface area contributed by atoms with Gasteiger partial charge in [0.05, 0.1) is 0 Å². The number of carbonyl (C=O) groups is 3. The Kier molecular flexibility index (Phi) is 19.0. The Hall–Kier alpha value is -1.59. The van der Waals surface area contributed by atoms with Crippen LogP contribution >= 0.6 is 0 Å². The molecule has 0 N–H and O–H groups in total. The summed E-state index contributed by atoms with van der Waals surface area (Å²) in [5.41, 5.74) is 0. The highest BCUT2D eigenvalue weighted by atomic mass is 16.6. The number of carbonyl (C=O) groups excluding carboxylic acids is 3. The van der Waals surface area contributed by atoms with E-state index in [0.717, 1.165) is 38.5 Å². The van der Waals surface area contributed by atoms with E-state index in [1.54, 1.807) is 0 Å². The molecule has 0 heterocycles. The van der Waals surface area contributed by atoms with E-state index in [4.69, 9.17) is 14.2 Å². The molecular weight excluding hydrogens is 360 g/mol. The fraction of sp³-hybridized carbons (Fsp3) is 0.864. The second-order valence-electron chi connectivity index (χ2n) is 7.26. The summed E-state index contributed by atoms with van der Waals surface area (Å²) in [6.07, 6.45) is 13.1. The van der Waals surface area contributed by atoms with Crippen LogP contribution in [0.2, 0.25) is 0 Å². The quantitative estimate of drug-likeness (QED) is 0.122. The van der Waals surface area contributed by atoms with Crippen molar-refractivity contribution < 1.29 is 28.6 Å². The second-order valence-corrected chi connectivity index (χ2v) is 7.26. The molecule has 0 aliphatic rings. The highest BCUT2D eigenvalue weighted by Gasteiger charge is 2.15. The molecule has 0 bridgehead atoms. The average Bonchev–Trinajstić information content (AvgIpc) is 2.69. The largest absolute Gasteiger partial charge is 0.462 e. The van der Waals surface area contributed by atoms with Crippen LogP contribution in [0.5, 0.6) is 0 Å². The van der Waals surface area contributed by atoms with Gasteiger partial charge in [-0.15, -0.1) is 0 Å². The van der Waals surface area contributed by atoms with Crippen LogP contribution < -0.4 is 0 Å². The summed E-state index contributed by atoms with van der Waals surface area (Å²) in [6, 6.07) is 0. The van der Waals surface area contributed by atoms with Crippen molar-refractivity contribution in [2.75, 3.05) is 13.2 Å². The van der Waals surface area contributed by atoms with E-state index in [1.807, 2.05) is 0 Å². The molecule has 0 unspecified atom stereocenters. The summed E-state index contributed by atoms with van der Waals surface area (Å²) in [7, 11) is 0. The van der Waals surface area contributed by atoms with E-state index in [2.05, 4.69) is 13.8 Å². The summed E-state index contributed by atoms with van der Waals surface area (Å²) < 4.78 is 15.1. The molecule has 0 aromatic rings. The number of hydrogen-bond donors (Lipinski definition) is 0. The first-order valence-corrected chi connectivity index (χ1v) is 11.0. The Morgan fingerprint density at radius 2 is 1.07 bits per heavy atom. The highest BCUT2D eigenvalue weighted by Crippen LogP contribution is 2.09. The Labute approximate surface area is 170 Å². The zero-order valence-electron chi connectivity index (χ0n) is 17.9. The van der Waals surface area contributed by atoms with Crippen LogP contribution in [-0.2, 0) is 28.6 Å². The summed E-state index contributed by atoms with van der Waals surface area (Å²) >= 11 is 0. The van der Waals surface area contributed by atoms with E-state index in [9.17, 15) is 14.4 Å². The van der Waals surface area contributed by atoms with Crippen LogP contribution in [-0.4, -0.2) is 37.7 Å². The SMILES string of the molecule is CCCCCCCCC(=O)OCC(COC(=O)CCCCCCCC)OC=O. The summed E-state index contributed by atoms with van der Waals surface area (Å²) in [5, 5.41) is 0. The molecule has 0 aliphatic heterocycles. The predicted octanol–water partition coefficient (Wildman–Crippen LogP) is 5.12. The van der Waals surface area contributed by atoms with Gasteiger partial charge >= 0.3 is 11.9 Å². The molecule has 0 aromatic heterocycles. The van der Waals surface area contributed by atoms with E-state index < -0.39 is 6.10 Å². The van der Waals surface area contributed by atoms with Crippen LogP contribution in [0, 0.1) is 0 Å². The minimum atomic E-state index is -0.750. The van der Waals surface area contributed by atoms with Gasteiger partial charge < -0.3 is 14.2 Å². The molecule has 0 fully saturated rings. The first-order valence-electron chi connectivity index (χ1n) is 11.0. The van der Waals surface area contributed by atoms with Gasteiger partial charge in [0, 0.05) is 12.8 Å². The first-order chi connectivity index (χ1) is 13.6. The Bertz CT molecular complexity index is 364. The van der Waals surface area contributed by atoms with Gasteiger partial charge in [-0.1, -0.05) is 78.1 Å². The molecule has 6 heteroatoms. The molecule has 0 amide bonds. The molecule has 6 nitrogen and oxygen atoms in total. The van der Waals surface area contributed by atoms with Gasteiger partial charge in [0.1, 0.15) is 13.2 Å². The number of rotatable bonds is 20. The third-order valence-corrected chi connectivity index (χ3v) is 4.58. The second kappa shape index (κ2) is 20.2. The van der Waals surface area contributed by atoms with E-state index in [1.165, 1.54) is 38.5 Å². The third-order valence-electron chi connectivity index (χ3n) is 4.58. The maximum absolute atomic E-state index is 11.8. The van der Waals surface area contributed by atoms with Crippen LogP contribution in [0.3, 0.4) is 0 Å². The van der Waals surface area contributed by atoms with Gasteiger partial charge in [-0.05, 0) is 12.8 Å². The molecule has 0 saturated heterocycles. The molecule has 28 heavy (non-hydrogen) atoms. The standard InChI is InChI=1S/C22H40O6/c1-3-5-7-9-11-13-15-21(24)26-17-20(28-19-23)18-27-22(25)16-14-12-10-8-6-4-2/h19-20H,3-18H2,1-2H3. The highest BCUT2D eigenvalue weighted by molar-refractivity contribution is 5.69. The third kappa shape index (κ3) is 17.8. The maximum atomic E-state index is 11.8. The predicted molar refractivity (Wildman–Crippen MR) is 109 cm³/mol. The number of esters is 2. The van der Waals surface area contributed by atoms with Gasteiger partial charge in [-0.2, -0.15) is 0 Å². The van der Waals surface area contributed by atoms with Crippen molar-refractivity contribution in [3.63, 3.8) is 0 Å². The zero-order valence-corrected chi connectivity index (χ0v) is 17.9. The average molecular weight is 401 g/mol. The van der Waals surface area contributed by atoms with Crippen molar-refractivity contribution >= 4 is 18.4 Å². The Balaban J connectivity index is 3.82. The zero-order chi connectivity index (χ0) is 20.9. The van der Waals surface area contributed by atoms with Crippen LogP contribution in [0.25, 0.3) is 0 Å². The summed E-state index contributed by atoms with van der Waals surface area (Å²) in [4.78, 5) is 34.1. The molecule has 0 aromatic carbocycles. The first kappa shape index (κ1) is 26.4. The number of hydrogen-bond acceptors (Lipinski definition) is 6. The summed E-state index contributed by atoms with van der Waals surface area (Å²) in [5.74, 6) is -0.623. The number of unbranched alkanes of at least 4 members (excludes halogenated alkanes) is 10. The van der Waals surface area contributed by atoms with Crippen LogP contribution in [0.4, 0.5) is 0 Å². The molecule has 0 atom stereocenters. The fourth-order valence-corrected chi connectivity index (χ4v) is 2.82. The Morgan fingerprint density at radius 3 is 1.46 bits per heavy atom. The van der Waals surface area contributed by atoms with Crippen molar-refractivity contribution in [1.82, 2.24) is 0 Å². The molecule has 0 rings (SSSR count). The molecule has 0 spiro atoms. The molecule has 0 radical (unpaired) electrons. The lowest BCUT2D eigenvalue weighted by Crippen LogP contribution is -2.28. The minimum absolute atomic E-state index is 0.0856. The van der Waals surface area contributed by atoms with Crippen molar-refractivity contribution in [1.29, 1.82) is 0 Å². The minimum Gasteiger partial charge on any atom is -0.462 e.